The molecule has 2 aliphatic rings. The summed E-state index contributed by atoms with van der Waals surface area (Å²) in [5.41, 5.74) is 3.31. The number of benzene rings is 1. The zero-order chi connectivity index (χ0) is 22.5. The lowest BCUT2D eigenvalue weighted by Crippen LogP contribution is -2.19. The number of rotatable bonds is 6. The molecule has 10 nitrogen and oxygen atoms in total. The van der Waals surface area contributed by atoms with Gasteiger partial charge in [-0.1, -0.05) is 12.1 Å². The van der Waals surface area contributed by atoms with Gasteiger partial charge in [-0.05, 0) is 31.1 Å². The van der Waals surface area contributed by atoms with Crippen molar-refractivity contribution in [3.05, 3.63) is 63.4 Å². The molecule has 168 valence electrons. The lowest BCUT2D eigenvalue weighted by atomic mass is 10.1. The Labute approximate surface area is 190 Å². The third-order valence-corrected chi connectivity index (χ3v) is 7.09. The predicted octanol–water partition coefficient (Wildman–Crippen LogP) is 0.967. The van der Waals surface area contributed by atoms with E-state index in [1.807, 2.05) is 30.3 Å². The van der Waals surface area contributed by atoms with Crippen LogP contribution in [0.2, 0.25) is 0 Å². The van der Waals surface area contributed by atoms with Crippen LogP contribution in [0.5, 0.6) is 5.88 Å². The van der Waals surface area contributed by atoms with E-state index in [9.17, 15) is 14.5 Å². The first-order valence-corrected chi connectivity index (χ1v) is 12.0. The number of fused-ring (bicyclic) bond motifs is 1. The van der Waals surface area contributed by atoms with Gasteiger partial charge in [0.05, 0.1) is 35.0 Å². The molecule has 3 heterocycles. The van der Waals surface area contributed by atoms with Crippen LogP contribution in [-0.4, -0.2) is 45.5 Å². The standard InChI is InChI=1S/C22H21N7O3S/c30-21-18(26-22(31)27-21)9-13-11-23-29-19(24-14-4-5-14)10-17(25-20(13)29)12-2-1-3-15(8-12)28-33(32)16-6-7-16/h1-3,8-11,14,16,28,30H,4-7H2,(H2,26,27,31). The van der Waals surface area contributed by atoms with E-state index < -0.39 is 17.1 Å². The largest absolute Gasteiger partial charge is 0.593 e. The number of nitrogens with one attached hydrogen (secondary N) is 3. The number of aromatic amines is 2. The number of hydrogen-bond acceptors (Lipinski definition) is 7. The van der Waals surface area contributed by atoms with Crippen LogP contribution in [0.3, 0.4) is 0 Å². The lowest BCUT2D eigenvalue weighted by molar-refractivity contribution is 0.454. The van der Waals surface area contributed by atoms with Crippen molar-refractivity contribution in [1.82, 2.24) is 24.6 Å². The Balaban J connectivity index is 1.48. The van der Waals surface area contributed by atoms with E-state index in [0.29, 0.717) is 22.0 Å². The molecule has 0 saturated heterocycles. The fourth-order valence-electron chi connectivity index (χ4n) is 3.57. The van der Waals surface area contributed by atoms with Crippen molar-refractivity contribution in [3.63, 3.8) is 0 Å². The summed E-state index contributed by atoms with van der Waals surface area (Å²) in [6.07, 6.45) is 7.32. The minimum atomic E-state index is -1.09. The van der Waals surface area contributed by atoms with Crippen molar-refractivity contribution in [2.75, 3.05) is 4.72 Å². The number of H-pyrrole nitrogens is 2. The molecule has 2 aliphatic carbocycles. The van der Waals surface area contributed by atoms with Crippen LogP contribution in [0.1, 0.15) is 31.4 Å². The summed E-state index contributed by atoms with van der Waals surface area (Å²) in [5.74, 6) is -0.249. The summed E-state index contributed by atoms with van der Waals surface area (Å²) in [6.45, 7) is 0. The maximum atomic E-state index is 12.3. The zero-order valence-electron chi connectivity index (χ0n) is 17.5. The van der Waals surface area contributed by atoms with E-state index in [2.05, 4.69) is 19.8 Å². The highest BCUT2D eigenvalue weighted by Crippen LogP contribution is 2.30. The lowest BCUT2D eigenvalue weighted by Gasteiger charge is -2.12. The summed E-state index contributed by atoms with van der Waals surface area (Å²) in [6, 6.07) is 9.83. The molecule has 2 saturated carbocycles. The van der Waals surface area contributed by atoms with E-state index in [-0.39, 0.29) is 22.9 Å². The Morgan fingerprint density at radius 1 is 1.24 bits per heavy atom. The van der Waals surface area contributed by atoms with Crippen molar-refractivity contribution < 1.29 is 9.66 Å². The van der Waals surface area contributed by atoms with Gasteiger partial charge in [-0.25, -0.2) is 14.5 Å². The van der Waals surface area contributed by atoms with Gasteiger partial charge in [0.2, 0.25) is 5.88 Å². The van der Waals surface area contributed by atoms with Crippen LogP contribution < -0.4 is 21.1 Å². The Morgan fingerprint density at radius 2 is 2.09 bits per heavy atom. The molecular weight excluding hydrogens is 442 g/mol. The Hall–Kier alpha value is -3.57. The predicted molar refractivity (Wildman–Crippen MR) is 124 cm³/mol. The average molecular weight is 464 g/mol. The SMILES string of the molecule is O=c1[nH]c(O)c(C=c2cnn3c(=NC4CC4)cc(-c4cccc(N[S+]([O-])C5CC5)c4)nc23)[nH]1. The first-order chi connectivity index (χ1) is 16.0. The second kappa shape index (κ2) is 7.78. The Morgan fingerprint density at radius 3 is 2.82 bits per heavy atom. The summed E-state index contributed by atoms with van der Waals surface area (Å²) in [5, 5.41) is 15.2. The summed E-state index contributed by atoms with van der Waals surface area (Å²) < 4.78 is 17.1. The van der Waals surface area contributed by atoms with Gasteiger partial charge in [0.15, 0.2) is 11.1 Å². The highest BCUT2D eigenvalue weighted by atomic mass is 32.2. The molecule has 0 amide bonds. The molecule has 2 fully saturated rings. The van der Waals surface area contributed by atoms with Crippen LogP contribution in [0.4, 0.5) is 5.69 Å². The first-order valence-electron chi connectivity index (χ1n) is 10.8. The van der Waals surface area contributed by atoms with E-state index >= 15 is 0 Å². The molecule has 1 aromatic carbocycles. The summed E-state index contributed by atoms with van der Waals surface area (Å²) >= 11 is -1.09. The molecule has 4 N–H and O–H groups in total. The third-order valence-electron chi connectivity index (χ3n) is 5.58. The molecule has 1 unspecified atom stereocenters. The number of aromatic hydroxyl groups is 1. The molecule has 0 spiro atoms. The van der Waals surface area contributed by atoms with Crippen LogP contribution in [-0.2, 0) is 11.4 Å². The molecule has 1 atom stereocenters. The van der Waals surface area contributed by atoms with Gasteiger partial charge in [0.25, 0.3) is 0 Å². The highest BCUT2D eigenvalue weighted by Gasteiger charge is 2.35. The number of hydrogen-bond donors (Lipinski definition) is 4. The topological polar surface area (TPSA) is 147 Å². The van der Waals surface area contributed by atoms with Gasteiger partial charge in [-0.15, -0.1) is 0 Å². The van der Waals surface area contributed by atoms with Gasteiger partial charge in [-0.2, -0.15) is 9.61 Å². The zero-order valence-corrected chi connectivity index (χ0v) is 18.3. The fourth-order valence-corrected chi connectivity index (χ4v) is 4.66. The first kappa shape index (κ1) is 20.1. The number of imidazole rings is 1. The molecule has 3 aromatic heterocycles. The van der Waals surface area contributed by atoms with E-state index in [1.165, 1.54) is 0 Å². The Kier molecular flexibility index (Phi) is 4.73. The molecule has 4 aromatic rings. The second-order valence-electron chi connectivity index (χ2n) is 8.36. The molecule has 6 rings (SSSR count). The van der Waals surface area contributed by atoms with Crippen molar-refractivity contribution in [1.29, 1.82) is 0 Å². The quantitative estimate of drug-likeness (QED) is 0.313. The van der Waals surface area contributed by atoms with Crippen molar-refractivity contribution >= 4 is 28.8 Å². The maximum absolute atomic E-state index is 12.3. The fraction of sp³-hybridized carbons (Fsp3) is 0.273. The van der Waals surface area contributed by atoms with Crippen molar-refractivity contribution in [2.45, 2.75) is 37.0 Å². The van der Waals surface area contributed by atoms with Crippen molar-refractivity contribution in [3.8, 4) is 17.1 Å². The third kappa shape index (κ3) is 4.12. The molecule has 0 aliphatic heterocycles. The second-order valence-corrected chi connectivity index (χ2v) is 9.83. The number of nitrogens with zero attached hydrogens (tertiary/aromatic N) is 4. The smallest absolute Gasteiger partial charge is 0.326 e. The normalized spacial score (nSPS) is 18.2. The maximum Gasteiger partial charge on any atom is 0.326 e. The number of aromatic nitrogens is 5. The van der Waals surface area contributed by atoms with E-state index in [4.69, 9.17) is 9.98 Å². The Bertz CT molecular complexity index is 1530. The average Bonchev–Trinajstić information content (AvgIpc) is 3.72. The van der Waals surface area contributed by atoms with E-state index in [0.717, 1.165) is 36.9 Å². The summed E-state index contributed by atoms with van der Waals surface area (Å²) in [7, 11) is 0. The van der Waals surface area contributed by atoms with Gasteiger partial charge < -0.3 is 14.6 Å². The van der Waals surface area contributed by atoms with Crippen LogP contribution in [0.25, 0.3) is 23.0 Å². The van der Waals surface area contributed by atoms with Gasteiger partial charge >= 0.3 is 5.69 Å². The molecule has 0 radical (unpaired) electrons. The van der Waals surface area contributed by atoms with Gasteiger partial charge in [0.1, 0.15) is 10.9 Å². The minimum absolute atomic E-state index is 0.230. The highest BCUT2D eigenvalue weighted by molar-refractivity contribution is 7.93. The summed E-state index contributed by atoms with van der Waals surface area (Å²) in [4.78, 5) is 26.0. The number of anilines is 1. The molecular formula is C22H21N7O3S. The van der Waals surface area contributed by atoms with Gasteiger partial charge in [0, 0.05) is 29.7 Å². The van der Waals surface area contributed by atoms with Gasteiger partial charge in [-0.3, -0.25) is 9.98 Å². The molecule has 33 heavy (non-hydrogen) atoms. The molecule has 0 bridgehead atoms. The monoisotopic (exact) mass is 463 g/mol. The van der Waals surface area contributed by atoms with Crippen LogP contribution >= 0.6 is 0 Å². The minimum Gasteiger partial charge on any atom is -0.593 e. The molecule has 11 heteroatoms. The van der Waals surface area contributed by atoms with Crippen LogP contribution in [0, 0.1) is 0 Å². The van der Waals surface area contributed by atoms with Crippen LogP contribution in [0.15, 0.2) is 46.3 Å². The van der Waals surface area contributed by atoms with Crippen molar-refractivity contribution in [2.24, 2.45) is 4.99 Å². The van der Waals surface area contributed by atoms with E-state index in [1.54, 1.807) is 16.8 Å².